The van der Waals surface area contributed by atoms with Crippen molar-refractivity contribution in [1.29, 1.82) is 5.26 Å². The summed E-state index contributed by atoms with van der Waals surface area (Å²) >= 11 is 0. The molecule has 6 nitrogen and oxygen atoms in total. The Morgan fingerprint density at radius 1 is 1.50 bits per heavy atom. The highest BCUT2D eigenvalue weighted by Gasteiger charge is 2.37. The van der Waals surface area contributed by atoms with Crippen LogP contribution in [0.2, 0.25) is 0 Å². The van der Waals surface area contributed by atoms with Crippen LogP contribution in [-0.2, 0) is 9.05 Å². The summed E-state index contributed by atoms with van der Waals surface area (Å²) in [6, 6.07) is 1.24. The normalized spacial score (nSPS) is 11.9. The summed E-state index contributed by atoms with van der Waals surface area (Å²) in [6.07, 6.45) is -4.53. The van der Waals surface area contributed by atoms with Crippen molar-refractivity contribution in [2.45, 2.75) is 11.3 Å². The van der Waals surface area contributed by atoms with E-state index in [2.05, 4.69) is 9.72 Å². The number of ether oxygens (including phenoxy) is 1. The number of pyridine rings is 1. The van der Waals surface area contributed by atoms with Gasteiger partial charge in [0.2, 0.25) is 0 Å². The molecule has 0 amide bonds. The Balaban J connectivity index is 3.64. The van der Waals surface area contributed by atoms with Gasteiger partial charge in [0, 0.05) is 10.7 Å². The Labute approximate surface area is 103 Å². The summed E-state index contributed by atoms with van der Waals surface area (Å²) in [5.74, 6) is -1.35. The molecule has 98 valence electrons. The molecule has 0 aliphatic carbocycles. The van der Waals surface area contributed by atoms with Crippen LogP contribution >= 0.6 is 10.7 Å². The summed E-state index contributed by atoms with van der Waals surface area (Å²) < 4.78 is 62.1. The number of nitrogen functional groups attached to an aromatic ring is 1. The number of hydrogen-bond acceptors (Lipinski definition) is 6. The van der Waals surface area contributed by atoms with E-state index in [-0.39, 0.29) is 0 Å². The molecule has 0 aliphatic heterocycles. The summed E-state index contributed by atoms with van der Waals surface area (Å²) in [6.45, 7) is 0. The Bertz CT molecular complexity index is 623. The quantitative estimate of drug-likeness (QED) is 0.827. The molecule has 0 saturated heterocycles. The fourth-order valence-corrected chi connectivity index (χ4v) is 2.20. The monoisotopic (exact) mass is 301 g/mol. The molecule has 0 spiro atoms. The predicted molar refractivity (Wildman–Crippen MR) is 53.1 cm³/mol. The first kappa shape index (κ1) is 14.3. The van der Waals surface area contributed by atoms with Gasteiger partial charge in [0.1, 0.15) is 6.07 Å². The molecule has 0 aromatic carbocycles. The van der Waals surface area contributed by atoms with Crippen LogP contribution in [0.15, 0.2) is 11.1 Å². The van der Waals surface area contributed by atoms with Crippen LogP contribution in [0, 0.1) is 11.3 Å². The first-order valence-corrected chi connectivity index (χ1v) is 6.26. The molecule has 1 aromatic rings. The third-order valence-corrected chi connectivity index (χ3v) is 2.96. The average Bonchev–Trinajstić information content (AvgIpc) is 2.13. The van der Waals surface area contributed by atoms with Crippen LogP contribution in [-0.4, -0.2) is 19.8 Å². The molecule has 0 unspecified atom stereocenters. The standard InChI is InChI=1S/C7H3ClF3N3O3S/c8-18(15,16)6-3(13)2-14-4(1-12)5(6)17-7(9,10)11/h2H,13H2. The zero-order valence-corrected chi connectivity index (χ0v) is 9.77. The highest BCUT2D eigenvalue weighted by atomic mass is 35.7. The maximum atomic E-state index is 12.1. The smallest absolute Gasteiger partial charge is 0.401 e. The minimum absolute atomic E-state index is 0.664. The van der Waals surface area contributed by atoms with Gasteiger partial charge < -0.3 is 10.5 Å². The number of nitrogens with two attached hydrogens (primary N) is 1. The Hall–Kier alpha value is -1.73. The number of alkyl halides is 3. The molecule has 1 rings (SSSR count). The summed E-state index contributed by atoms with van der Waals surface area (Å²) in [5.41, 5.74) is 3.60. The number of hydrogen-bond donors (Lipinski definition) is 1. The molecule has 0 atom stereocenters. The lowest BCUT2D eigenvalue weighted by Crippen LogP contribution is -2.20. The van der Waals surface area contributed by atoms with Crippen LogP contribution in [0.25, 0.3) is 0 Å². The van der Waals surface area contributed by atoms with E-state index in [1.165, 1.54) is 6.07 Å². The number of rotatable bonds is 2. The van der Waals surface area contributed by atoms with Gasteiger partial charge in [0.25, 0.3) is 9.05 Å². The topological polar surface area (TPSA) is 106 Å². The van der Waals surface area contributed by atoms with Gasteiger partial charge in [-0.05, 0) is 0 Å². The van der Waals surface area contributed by atoms with Gasteiger partial charge in [0.05, 0.1) is 11.9 Å². The fourth-order valence-electron chi connectivity index (χ4n) is 1.03. The summed E-state index contributed by atoms with van der Waals surface area (Å²) in [4.78, 5) is 2.08. The molecule has 11 heteroatoms. The highest BCUT2D eigenvalue weighted by molar-refractivity contribution is 8.14. The van der Waals surface area contributed by atoms with Gasteiger partial charge in [-0.2, -0.15) is 5.26 Å². The zero-order valence-electron chi connectivity index (χ0n) is 8.19. The van der Waals surface area contributed by atoms with E-state index in [9.17, 15) is 21.6 Å². The summed E-state index contributed by atoms with van der Waals surface area (Å²) in [5, 5.41) is 8.56. The Morgan fingerprint density at radius 3 is 2.44 bits per heavy atom. The largest absolute Gasteiger partial charge is 0.573 e. The van der Waals surface area contributed by atoms with Crippen molar-refractivity contribution in [1.82, 2.24) is 4.98 Å². The molecular formula is C7H3ClF3N3O3S. The van der Waals surface area contributed by atoms with Gasteiger partial charge in [0.15, 0.2) is 16.3 Å². The van der Waals surface area contributed by atoms with E-state index in [1.807, 2.05) is 0 Å². The summed E-state index contributed by atoms with van der Waals surface area (Å²) in [7, 11) is 0.296. The molecule has 0 bridgehead atoms. The van der Waals surface area contributed by atoms with Crippen molar-refractivity contribution in [2.75, 3.05) is 5.73 Å². The Morgan fingerprint density at radius 2 is 2.06 bits per heavy atom. The first-order chi connectivity index (χ1) is 8.06. The second-order valence-corrected chi connectivity index (χ2v) is 5.32. The lowest BCUT2D eigenvalue weighted by atomic mass is 10.3. The Kier molecular flexibility index (Phi) is 3.59. The van der Waals surface area contributed by atoms with Gasteiger partial charge >= 0.3 is 6.36 Å². The SMILES string of the molecule is N#Cc1ncc(N)c(S(=O)(=O)Cl)c1OC(F)(F)F. The average molecular weight is 302 g/mol. The van der Waals surface area contributed by atoms with Crippen molar-refractivity contribution < 1.29 is 26.3 Å². The molecule has 0 radical (unpaired) electrons. The number of nitrogens with zero attached hydrogens (tertiary/aromatic N) is 2. The maximum Gasteiger partial charge on any atom is 0.573 e. The van der Waals surface area contributed by atoms with Crippen LogP contribution < -0.4 is 10.5 Å². The fraction of sp³-hybridized carbons (Fsp3) is 0.143. The van der Waals surface area contributed by atoms with E-state index in [0.29, 0.717) is 6.20 Å². The zero-order chi connectivity index (χ0) is 14.1. The number of halogens is 4. The van der Waals surface area contributed by atoms with Gasteiger partial charge in [-0.15, -0.1) is 13.2 Å². The second-order valence-electron chi connectivity index (χ2n) is 2.82. The van der Waals surface area contributed by atoms with Crippen molar-refractivity contribution >= 4 is 25.4 Å². The minimum Gasteiger partial charge on any atom is -0.401 e. The van der Waals surface area contributed by atoms with E-state index in [0.717, 1.165) is 0 Å². The molecule has 0 fully saturated rings. The van der Waals surface area contributed by atoms with E-state index < -0.39 is 37.4 Å². The predicted octanol–water partition coefficient (Wildman–Crippen LogP) is 1.36. The molecule has 2 N–H and O–H groups in total. The van der Waals surface area contributed by atoms with Crippen LogP contribution in [0.1, 0.15) is 5.69 Å². The number of aromatic nitrogens is 1. The lowest BCUT2D eigenvalue weighted by molar-refractivity contribution is -0.275. The third kappa shape index (κ3) is 3.14. The van der Waals surface area contributed by atoms with Crippen molar-refractivity contribution in [2.24, 2.45) is 0 Å². The molecule has 0 aliphatic rings. The van der Waals surface area contributed by atoms with Crippen molar-refractivity contribution in [3.8, 4) is 11.8 Å². The lowest BCUT2D eigenvalue weighted by Gasteiger charge is -2.13. The van der Waals surface area contributed by atoms with Crippen LogP contribution in [0.3, 0.4) is 0 Å². The van der Waals surface area contributed by atoms with Crippen LogP contribution in [0.5, 0.6) is 5.75 Å². The van der Waals surface area contributed by atoms with Gasteiger partial charge in [-0.3, -0.25) is 0 Å². The number of anilines is 1. The van der Waals surface area contributed by atoms with E-state index in [1.54, 1.807) is 0 Å². The van der Waals surface area contributed by atoms with Crippen molar-refractivity contribution in [3.05, 3.63) is 11.9 Å². The molecule has 0 saturated carbocycles. The first-order valence-electron chi connectivity index (χ1n) is 3.95. The molecule has 1 heterocycles. The van der Waals surface area contributed by atoms with E-state index in [4.69, 9.17) is 21.7 Å². The van der Waals surface area contributed by atoms with Gasteiger partial charge in [-0.1, -0.05) is 0 Å². The third-order valence-electron chi connectivity index (χ3n) is 1.58. The maximum absolute atomic E-state index is 12.1. The minimum atomic E-state index is -5.22. The molecule has 1 aromatic heterocycles. The van der Waals surface area contributed by atoms with Crippen molar-refractivity contribution in [3.63, 3.8) is 0 Å². The molecule has 18 heavy (non-hydrogen) atoms. The molecular weight excluding hydrogens is 299 g/mol. The van der Waals surface area contributed by atoms with Gasteiger partial charge in [-0.25, -0.2) is 13.4 Å². The van der Waals surface area contributed by atoms with Crippen LogP contribution in [0.4, 0.5) is 18.9 Å². The highest BCUT2D eigenvalue weighted by Crippen LogP contribution is 2.37. The second kappa shape index (κ2) is 4.51. The number of nitriles is 1. The van der Waals surface area contributed by atoms with E-state index >= 15 is 0 Å².